The zero-order valence-corrected chi connectivity index (χ0v) is 29.3. The number of nitrogens with zero attached hydrogens (tertiary/aromatic N) is 1. The van der Waals surface area contributed by atoms with Crippen LogP contribution in [0.15, 0.2) is 0 Å². The summed E-state index contributed by atoms with van der Waals surface area (Å²) in [7, 11) is -6.96. The van der Waals surface area contributed by atoms with Gasteiger partial charge in [-0.1, -0.05) is 62.3 Å². The van der Waals surface area contributed by atoms with Gasteiger partial charge >= 0.3 is 17.8 Å². The second-order valence-corrected chi connectivity index (χ2v) is 29.6. The second kappa shape index (κ2) is 10.5. The Kier molecular flexibility index (Phi) is 9.20. The summed E-state index contributed by atoms with van der Waals surface area (Å²) in [4.78, 5) is 38.6. The predicted octanol–water partition coefficient (Wildman–Crippen LogP) is 5.59. The number of ether oxygens (including phenoxy) is 1. The fourth-order valence-corrected chi connectivity index (χ4v) is 7.12. The van der Waals surface area contributed by atoms with E-state index in [0.717, 1.165) is 4.90 Å². The average molecular weight is 589 g/mol. The van der Waals surface area contributed by atoms with E-state index in [9.17, 15) is 14.4 Å². The highest BCUT2D eigenvalue weighted by molar-refractivity contribution is 6.75. The van der Waals surface area contributed by atoms with Gasteiger partial charge in [-0.25, -0.2) is 9.69 Å². The number of carbonyl (C=O) groups excluding carboxylic acids is 3. The number of amides is 4. The first-order valence-electron chi connectivity index (χ1n) is 13.6. The van der Waals surface area contributed by atoms with Crippen LogP contribution in [0.2, 0.25) is 54.4 Å². The lowest BCUT2D eigenvalue weighted by Crippen LogP contribution is -2.57. The summed E-state index contributed by atoms with van der Waals surface area (Å²) in [6.07, 6.45) is -3.05. The highest BCUT2D eigenvalue weighted by atomic mass is 28.4. The number of imide groups is 2. The van der Waals surface area contributed by atoms with Crippen LogP contribution in [0.3, 0.4) is 0 Å². The van der Waals surface area contributed by atoms with Crippen molar-refractivity contribution < 1.29 is 32.4 Å². The molecule has 4 unspecified atom stereocenters. The predicted molar refractivity (Wildman–Crippen MR) is 156 cm³/mol. The topological polar surface area (TPSA) is 103 Å². The van der Waals surface area contributed by atoms with Crippen molar-refractivity contribution in [3.63, 3.8) is 0 Å². The number of urea groups is 1. The van der Waals surface area contributed by atoms with Crippen molar-refractivity contribution in [1.29, 1.82) is 0 Å². The van der Waals surface area contributed by atoms with E-state index in [1.165, 1.54) is 0 Å². The van der Waals surface area contributed by atoms with Gasteiger partial charge < -0.3 is 18.0 Å². The summed E-state index contributed by atoms with van der Waals surface area (Å²) >= 11 is 0. The Morgan fingerprint density at radius 1 is 0.737 bits per heavy atom. The SMILES string of the molecule is CC(C)(C)[Si](C)(C)OCC1OC(N2C(=O)NC(=O)C2=O)C(O[Si](C)(C)C(C)(C)C)C1O[Si](C)(C)C(C)(C)C. The van der Waals surface area contributed by atoms with Crippen molar-refractivity contribution in [1.82, 2.24) is 10.2 Å². The minimum absolute atomic E-state index is 0.0188. The van der Waals surface area contributed by atoms with Gasteiger partial charge in [0.1, 0.15) is 18.3 Å². The van der Waals surface area contributed by atoms with Gasteiger partial charge in [0.25, 0.3) is 0 Å². The normalized spacial score (nSPS) is 26.4. The molecule has 9 nitrogen and oxygen atoms in total. The van der Waals surface area contributed by atoms with Crippen LogP contribution in [0.25, 0.3) is 0 Å². The van der Waals surface area contributed by atoms with Gasteiger partial charge in [0.2, 0.25) is 0 Å². The van der Waals surface area contributed by atoms with E-state index in [1.807, 2.05) is 0 Å². The monoisotopic (exact) mass is 588 g/mol. The third-order valence-corrected chi connectivity index (χ3v) is 22.7. The molecule has 0 saturated carbocycles. The molecule has 0 bridgehead atoms. The van der Waals surface area contributed by atoms with Crippen molar-refractivity contribution in [2.45, 2.75) is 141 Å². The second-order valence-electron chi connectivity index (χ2n) is 15.3. The maximum atomic E-state index is 12.8. The van der Waals surface area contributed by atoms with Gasteiger partial charge in [-0.15, -0.1) is 0 Å². The average Bonchev–Trinajstić information content (AvgIpc) is 3.12. The summed E-state index contributed by atoms with van der Waals surface area (Å²) in [6.45, 7) is 32.5. The van der Waals surface area contributed by atoms with Crippen molar-refractivity contribution in [3.8, 4) is 0 Å². The Balaban J connectivity index is 2.61. The van der Waals surface area contributed by atoms with Crippen LogP contribution >= 0.6 is 0 Å². The van der Waals surface area contributed by atoms with Gasteiger partial charge in [-0.2, -0.15) is 0 Å². The zero-order chi connectivity index (χ0) is 29.9. The first-order valence-corrected chi connectivity index (χ1v) is 22.3. The van der Waals surface area contributed by atoms with E-state index < -0.39 is 67.3 Å². The molecule has 0 aliphatic carbocycles. The molecule has 0 aromatic carbocycles. The molecule has 2 rings (SSSR count). The number of rotatable bonds is 8. The first kappa shape index (κ1) is 33.3. The van der Waals surface area contributed by atoms with Crippen LogP contribution in [-0.2, 0) is 27.6 Å². The summed E-state index contributed by atoms with van der Waals surface area (Å²) in [5.74, 6) is -1.91. The van der Waals surface area contributed by atoms with E-state index >= 15 is 0 Å². The maximum absolute atomic E-state index is 12.8. The van der Waals surface area contributed by atoms with Crippen LogP contribution in [0.5, 0.6) is 0 Å². The number of hydrogen-bond acceptors (Lipinski definition) is 7. The van der Waals surface area contributed by atoms with Crippen molar-refractivity contribution in [3.05, 3.63) is 0 Å². The van der Waals surface area contributed by atoms with Gasteiger partial charge in [0.05, 0.1) is 6.61 Å². The van der Waals surface area contributed by atoms with E-state index in [1.54, 1.807) is 0 Å². The summed E-state index contributed by atoms with van der Waals surface area (Å²) in [5.41, 5.74) is 0. The molecule has 2 heterocycles. The van der Waals surface area contributed by atoms with Gasteiger partial charge in [-0.3, -0.25) is 14.9 Å². The highest BCUT2D eigenvalue weighted by Crippen LogP contribution is 2.45. The molecular weight excluding hydrogens is 537 g/mol. The third-order valence-electron chi connectivity index (χ3n) is 9.28. The van der Waals surface area contributed by atoms with Gasteiger partial charge in [0, 0.05) is 0 Å². The van der Waals surface area contributed by atoms with Crippen LogP contribution in [0.4, 0.5) is 4.79 Å². The highest BCUT2D eigenvalue weighted by Gasteiger charge is 2.59. The zero-order valence-electron chi connectivity index (χ0n) is 26.3. The van der Waals surface area contributed by atoms with E-state index in [2.05, 4.69) is 107 Å². The largest absolute Gasteiger partial charge is 0.414 e. The summed E-state index contributed by atoms with van der Waals surface area (Å²) < 4.78 is 26.9. The Labute approximate surface area is 233 Å². The molecule has 220 valence electrons. The van der Waals surface area contributed by atoms with Crippen LogP contribution in [0, 0.1) is 0 Å². The molecule has 0 aromatic rings. The molecule has 38 heavy (non-hydrogen) atoms. The number of carbonyl (C=O) groups is 3. The minimum Gasteiger partial charge on any atom is -0.414 e. The van der Waals surface area contributed by atoms with Crippen LogP contribution in [0.1, 0.15) is 62.3 Å². The molecule has 2 aliphatic heterocycles. The molecule has 4 atom stereocenters. The molecule has 0 aromatic heterocycles. The quantitative estimate of drug-likeness (QED) is 0.224. The molecule has 0 radical (unpaired) electrons. The van der Waals surface area contributed by atoms with Crippen LogP contribution in [-0.4, -0.2) is 78.8 Å². The lowest BCUT2D eigenvalue weighted by atomic mass is 10.1. The Bertz CT molecular complexity index is 933. The Morgan fingerprint density at radius 3 is 1.53 bits per heavy atom. The van der Waals surface area contributed by atoms with E-state index in [0.29, 0.717) is 0 Å². The van der Waals surface area contributed by atoms with Gasteiger partial charge in [0.15, 0.2) is 31.2 Å². The fraction of sp³-hybridized carbons (Fsp3) is 0.885. The van der Waals surface area contributed by atoms with Crippen molar-refractivity contribution in [2.75, 3.05) is 6.61 Å². The molecule has 4 amide bonds. The molecule has 0 spiro atoms. The lowest BCUT2D eigenvalue weighted by molar-refractivity contribution is -0.149. The number of hydrogen-bond donors (Lipinski definition) is 1. The minimum atomic E-state index is -2.44. The maximum Gasteiger partial charge on any atom is 0.333 e. The molecule has 2 saturated heterocycles. The Morgan fingerprint density at radius 2 is 1.16 bits per heavy atom. The molecule has 2 aliphatic rings. The van der Waals surface area contributed by atoms with Crippen LogP contribution < -0.4 is 5.32 Å². The van der Waals surface area contributed by atoms with Gasteiger partial charge in [-0.05, 0) is 54.4 Å². The van der Waals surface area contributed by atoms with Crippen molar-refractivity contribution >= 4 is 42.8 Å². The lowest BCUT2D eigenvalue weighted by Gasteiger charge is -2.44. The Hall–Kier alpha value is -0.899. The number of nitrogens with one attached hydrogen (secondary N) is 1. The third kappa shape index (κ3) is 6.69. The summed E-state index contributed by atoms with van der Waals surface area (Å²) in [6, 6.07) is -0.800. The fourth-order valence-electron chi connectivity index (χ4n) is 3.50. The molecule has 12 heteroatoms. The van der Waals surface area contributed by atoms with E-state index in [4.69, 9.17) is 18.0 Å². The first-order chi connectivity index (χ1) is 16.7. The smallest absolute Gasteiger partial charge is 0.333 e. The van der Waals surface area contributed by atoms with E-state index in [-0.39, 0.29) is 21.7 Å². The molecule has 1 N–H and O–H groups in total. The standard InChI is InChI=1S/C26H52N2O7Si3/c1-24(2,3)36(10,11)32-16-17-18(34-37(12,13)25(4,5)6)19(35-38(14,15)26(7,8)9)22(33-17)28-21(30)20(29)27-23(28)31/h17-19,22H,16H2,1-15H3,(H,27,29,31). The van der Waals surface area contributed by atoms with Crippen molar-refractivity contribution in [2.24, 2.45) is 0 Å². The molecule has 2 fully saturated rings. The summed E-state index contributed by atoms with van der Waals surface area (Å²) in [5, 5.41) is 1.83. The molecular formula is C26H52N2O7Si3.